The van der Waals surface area contributed by atoms with Crippen LogP contribution in [0.4, 0.5) is 5.82 Å². The van der Waals surface area contributed by atoms with E-state index in [1.807, 2.05) is 6.92 Å². The van der Waals surface area contributed by atoms with E-state index in [-0.39, 0.29) is 5.16 Å². The smallest absolute Gasteiger partial charge is 0.248 e. The molecule has 0 saturated carbocycles. The summed E-state index contributed by atoms with van der Waals surface area (Å²) in [6.45, 7) is 1.81. The third kappa shape index (κ3) is 1.81. The highest BCUT2D eigenvalue weighted by Crippen LogP contribution is 2.16. The van der Waals surface area contributed by atoms with Crippen LogP contribution < -0.4 is 5.73 Å². The molecule has 0 fully saturated rings. The first-order chi connectivity index (χ1) is 7.38. The van der Waals surface area contributed by atoms with Crippen LogP contribution in [0.5, 0.6) is 0 Å². The van der Waals surface area contributed by atoms with E-state index in [2.05, 4.69) is 15.0 Å². The van der Waals surface area contributed by atoms with Crippen LogP contribution in [0.1, 0.15) is 5.56 Å². The number of aromatic nitrogens is 3. The number of fused-ring (bicyclic) bond motifs is 1. The van der Waals surface area contributed by atoms with Crippen LogP contribution in [0.3, 0.4) is 0 Å². The molecule has 0 bridgehead atoms. The Balaban J connectivity index is 2.77. The predicted molar refractivity (Wildman–Crippen MR) is 59.6 cm³/mol. The molecule has 0 unspecified atom stereocenters. The summed E-state index contributed by atoms with van der Waals surface area (Å²) in [5, 5.41) is 0.426. The molecule has 0 radical (unpaired) electrons. The summed E-state index contributed by atoms with van der Waals surface area (Å²) in [5.74, 6) is 0.339. The van der Waals surface area contributed by atoms with Crippen molar-refractivity contribution >= 4 is 26.7 Å². The van der Waals surface area contributed by atoms with Crippen molar-refractivity contribution in [3.8, 4) is 0 Å². The molecule has 0 atom stereocenters. The van der Waals surface area contributed by atoms with Crippen molar-refractivity contribution in [1.29, 1.82) is 0 Å². The van der Waals surface area contributed by atoms with Gasteiger partial charge in [-0.3, -0.25) is 0 Å². The molecule has 0 aliphatic carbocycles. The van der Waals surface area contributed by atoms with Gasteiger partial charge in [-0.05, 0) is 18.6 Å². The van der Waals surface area contributed by atoms with Gasteiger partial charge in [0.15, 0.2) is 5.65 Å². The van der Waals surface area contributed by atoms with Crippen LogP contribution >= 0.6 is 0 Å². The Labute approximate surface area is 92.5 Å². The minimum absolute atomic E-state index is 0.240. The molecular formula is C9H10N4O2S. The standard InChI is InChI=1S/C9H10N4O2S/c1-5-3-6-4-11-9(16(2,14)15)13-8(6)12-7(5)10/h3-4H,1-2H3,(H2,10,11,12,13). The van der Waals surface area contributed by atoms with E-state index >= 15 is 0 Å². The largest absolute Gasteiger partial charge is 0.383 e. The van der Waals surface area contributed by atoms with Gasteiger partial charge in [0.05, 0.1) is 0 Å². The molecule has 84 valence electrons. The van der Waals surface area contributed by atoms with Crippen LogP contribution in [-0.4, -0.2) is 29.6 Å². The van der Waals surface area contributed by atoms with Gasteiger partial charge in [-0.2, -0.15) is 4.98 Å². The summed E-state index contributed by atoms with van der Waals surface area (Å²) < 4.78 is 22.5. The maximum atomic E-state index is 11.2. The van der Waals surface area contributed by atoms with Gasteiger partial charge in [-0.1, -0.05) is 0 Å². The second kappa shape index (κ2) is 3.38. The van der Waals surface area contributed by atoms with Crippen molar-refractivity contribution in [2.45, 2.75) is 12.1 Å². The Kier molecular flexibility index (Phi) is 2.27. The zero-order chi connectivity index (χ0) is 11.9. The predicted octanol–water partition coefficient (Wildman–Crippen LogP) is 0.319. The first-order valence-electron chi connectivity index (χ1n) is 4.48. The number of nitrogens with zero attached hydrogens (tertiary/aromatic N) is 3. The second-order valence-electron chi connectivity index (χ2n) is 3.53. The quantitative estimate of drug-likeness (QED) is 0.718. The van der Waals surface area contributed by atoms with E-state index < -0.39 is 9.84 Å². The first kappa shape index (κ1) is 10.7. The van der Waals surface area contributed by atoms with Crippen molar-refractivity contribution in [1.82, 2.24) is 15.0 Å². The minimum atomic E-state index is -3.42. The lowest BCUT2D eigenvalue weighted by atomic mass is 10.2. The van der Waals surface area contributed by atoms with E-state index in [9.17, 15) is 8.42 Å². The lowest BCUT2D eigenvalue weighted by Crippen LogP contribution is -2.05. The van der Waals surface area contributed by atoms with E-state index in [1.165, 1.54) is 6.20 Å². The van der Waals surface area contributed by atoms with E-state index in [0.29, 0.717) is 16.9 Å². The highest BCUT2D eigenvalue weighted by Gasteiger charge is 2.12. The molecule has 0 aliphatic heterocycles. The van der Waals surface area contributed by atoms with Gasteiger partial charge in [0.25, 0.3) is 0 Å². The number of rotatable bonds is 1. The molecule has 16 heavy (non-hydrogen) atoms. The van der Waals surface area contributed by atoms with Gasteiger partial charge >= 0.3 is 0 Å². The maximum Gasteiger partial charge on any atom is 0.248 e. The highest BCUT2D eigenvalue weighted by atomic mass is 32.2. The Bertz CT molecular complexity index is 667. The molecule has 0 spiro atoms. The van der Waals surface area contributed by atoms with Crippen molar-refractivity contribution < 1.29 is 8.42 Å². The molecule has 2 N–H and O–H groups in total. The molecule has 7 heteroatoms. The molecule has 2 aromatic heterocycles. The third-order valence-electron chi connectivity index (χ3n) is 2.11. The number of aryl methyl sites for hydroxylation is 1. The van der Waals surface area contributed by atoms with E-state index in [4.69, 9.17) is 5.73 Å². The average molecular weight is 238 g/mol. The van der Waals surface area contributed by atoms with Gasteiger partial charge in [0.1, 0.15) is 5.82 Å². The van der Waals surface area contributed by atoms with Gasteiger partial charge < -0.3 is 5.73 Å². The first-order valence-corrected chi connectivity index (χ1v) is 6.37. The van der Waals surface area contributed by atoms with Crippen LogP contribution in [0, 0.1) is 6.92 Å². The highest BCUT2D eigenvalue weighted by molar-refractivity contribution is 7.90. The molecule has 6 nitrogen and oxygen atoms in total. The fraction of sp³-hybridized carbons (Fsp3) is 0.222. The molecule has 0 aromatic carbocycles. The number of hydrogen-bond acceptors (Lipinski definition) is 6. The van der Waals surface area contributed by atoms with Crippen LogP contribution in [0.2, 0.25) is 0 Å². The monoisotopic (exact) mass is 238 g/mol. The van der Waals surface area contributed by atoms with Crippen LogP contribution in [0.25, 0.3) is 11.0 Å². The number of hydrogen-bond donors (Lipinski definition) is 1. The van der Waals surface area contributed by atoms with Crippen LogP contribution in [0.15, 0.2) is 17.4 Å². The molecule has 0 aliphatic rings. The van der Waals surface area contributed by atoms with Crippen molar-refractivity contribution in [2.24, 2.45) is 0 Å². The summed E-state index contributed by atoms with van der Waals surface area (Å²) in [4.78, 5) is 11.6. The van der Waals surface area contributed by atoms with Gasteiger partial charge in [-0.25, -0.2) is 18.4 Å². The third-order valence-corrected chi connectivity index (χ3v) is 2.97. The maximum absolute atomic E-state index is 11.2. The number of nitrogens with two attached hydrogens (primary N) is 1. The number of pyridine rings is 1. The molecule has 2 heterocycles. The number of sulfone groups is 1. The summed E-state index contributed by atoms with van der Waals surface area (Å²) in [6, 6.07) is 1.77. The topological polar surface area (TPSA) is 98.8 Å². The lowest BCUT2D eigenvalue weighted by Gasteiger charge is -2.02. The Morgan fingerprint density at radius 2 is 2.00 bits per heavy atom. The number of nitrogen functional groups attached to an aromatic ring is 1. The van der Waals surface area contributed by atoms with Gasteiger partial charge in [0.2, 0.25) is 15.0 Å². The Hall–Kier alpha value is -1.76. The SMILES string of the molecule is Cc1cc2cnc(S(C)(=O)=O)nc2nc1N. The summed E-state index contributed by atoms with van der Waals surface area (Å²) in [7, 11) is -3.42. The summed E-state index contributed by atoms with van der Waals surface area (Å²) >= 11 is 0. The average Bonchev–Trinajstić information content (AvgIpc) is 2.17. The van der Waals surface area contributed by atoms with Gasteiger partial charge in [-0.15, -0.1) is 0 Å². The van der Waals surface area contributed by atoms with Crippen molar-refractivity contribution in [3.05, 3.63) is 17.8 Å². The summed E-state index contributed by atoms with van der Waals surface area (Å²) in [6.07, 6.45) is 2.48. The molecular weight excluding hydrogens is 228 g/mol. The normalized spacial score (nSPS) is 11.9. The second-order valence-corrected chi connectivity index (χ2v) is 5.44. The molecule has 0 amide bonds. The van der Waals surface area contributed by atoms with Crippen molar-refractivity contribution in [2.75, 3.05) is 12.0 Å². The minimum Gasteiger partial charge on any atom is -0.383 e. The van der Waals surface area contributed by atoms with E-state index in [1.54, 1.807) is 6.07 Å². The molecule has 2 aromatic rings. The van der Waals surface area contributed by atoms with Crippen LogP contribution in [-0.2, 0) is 9.84 Å². The van der Waals surface area contributed by atoms with Crippen molar-refractivity contribution in [3.63, 3.8) is 0 Å². The summed E-state index contributed by atoms with van der Waals surface area (Å²) in [5.41, 5.74) is 6.72. The molecule has 0 saturated heterocycles. The fourth-order valence-electron chi connectivity index (χ4n) is 1.25. The zero-order valence-corrected chi connectivity index (χ0v) is 9.61. The lowest BCUT2D eigenvalue weighted by molar-refractivity contribution is 0.593. The fourth-order valence-corrected chi connectivity index (χ4v) is 1.74. The Morgan fingerprint density at radius 1 is 1.31 bits per heavy atom. The number of anilines is 1. The zero-order valence-electron chi connectivity index (χ0n) is 8.80. The van der Waals surface area contributed by atoms with E-state index in [0.717, 1.165) is 11.8 Å². The molecule has 2 rings (SSSR count). The van der Waals surface area contributed by atoms with Gasteiger partial charge in [0, 0.05) is 17.8 Å². The Morgan fingerprint density at radius 3 is 2.62 bits per heavy atom.